The first-order valence-corrected chi connectivity index (χ1v) is 12.2. The smallest absolute Gasteiger partial charge is 0.325 e. The van der Waals surface area contributed by atoms with Crippen molar-refractivity contribution in [3.63, 3.8) is 0 Å². The van der Waals surface area contributed by atoms with Crippen molar-refractivity contribution in [3.05, 3.63) is 40.8 Å². The lowest BCUT2D eigenvalue weighted by molar-refractivity contribution is -0.0192. The van der Waals surface area contributed by atoms with Crippen molar-refractivity contribution < 1.29 is 0 Å². The molecule has 5 atom stereocenters. The van der Waals surface area contributed by atoms with Gasteiger partial charge in [0.15, 0.2) is 11.3 Å². The van der Waals surface area contributed by atoms with E-state index in [0.717, 1.165) is 54.5 Å². The highest BCUT2D eigenvalue weighted by Gasteiger charge is 2.51. The lowest BCUT2D eigenvalue weighted by Crippen LogP contribution is -2.56. The van der Waals surface area contributed by atoms with Gasteiger partial charge in [0.2, 0.25) is 5.95 Å². The summed E-state index contributed by atoms with van der Waals surface area (Å²) in [6, 6.07) is 2.13. The summed E-state index contributed by atoms with van der Waals surface area (Å²) in [5, 5.41) is 7.55. The Bertz CT molecular complexity index is 1500. The maximum atomic E-state index is 13.5. The van der Waals surface area contributed by atoms with Gasteiger partial charge in [-0.25, -0.2) is 19.3 Å². The summed E-state index contributed by atoms with van der Waals surface area (Å²) in [6.07, 6.45) is 11.8. The van der Waals surface area contributed by atoms with Gasteiger partial charge < -0.3 is 11.1 Å². The molecule has 0 spiro atoms. The van der Waals surface area contributed by atoms with E-state index in [0.29, 0.717) is 29.3 Å². The SMILES string of the molecule is Cc1cc2ncnn2cc1Nc1ncc2c(n1)n(C1CC3CC4CC(N)(CCC41)C3)c(=O)n2C. The Kier molecular flexibility index (Phi) is 4.07. The Labute approximate surface area is 196 Å². The maximum Gasteiger partial charge on any atom is 0.330 e. The molecule has 4 aromatic rings. The zero-order valence-corrected chi connectivity index (χ0v) is 19.5. The zero-order chi connectivity index (χ0) is 23.2. The lowest BCUT2D eigenvalue weighted by Gasteiger charge is -2.56. The average Bonchev–Trinajstić information content (AvgIpc) is 3.34. The van der Waals surface area contributed by atoms with Crippen molar-refractivity contribution in [2.24, 2.45) is 30.5 Å². The van der Waals surface area contributed by atoms with Crippen LogP contribution in [0.4, 0.5) is 11.6 Å². The monoisotopic (exact) mass is 459 g/mol. The first-order chi connectivity index (χ1) is 16.4. The van der Waals surface area contributed by atoms with E-state index in [9.17, 15) is 4.79 Å². The largest absolute Gasteiger partial charge is 0.330 e. The number of rotatable bonds is 3. The van der Waals surface area contributed by atoms with Crippen LogP contribution >= 0.6 is 0 Å². The molecule has 0 aliphatic heterocycles. The summed E-state index contributed by atoms with van der Waals surface area (Å²) in [4.78, 5) is 27.1. The summed E-state index contributed by atoms with van der Waals surface area (Å²) in [7, 11) is 1.82. The Morgan fingerprint density at radius 2 is 2.12 bits per heavy atom. The standard InChI is InChI=1S/C24H29N9O/c1-13-5-20-27-12-28-32(20)11-17(13)29-22-26-10-19-21(30-22)33(23(34)31(19)2)18-7-14-6-15-9-24(25,8-14)4-3-16(15)18/h5,10-12,14-16,18H,3-4,6-9,25H2,1-2H3,(H,26,29,30). The van der Waals surface area contributed by atoms with Gasteiger partial charge >= 0.3 is 5.69 Å². The van der Waals surface area contributed by atoms with E-state index in [1.165, 1.54) is 12.7 Å². The second-order valence-electron chi connectivity index (χ2n) is 10.8. The van der Waals surface area contributed by atoms with Gasteiger partial charge in [-0.15, -0.1) is 0 Å². The van der Waals surface area contributed by atoms with Crippen LogP contribution in [0.5, 0.6) is 0 Å². The van der Waals surface area contributed by atoms with E-state index in [1.54, 1.807) is 15.3 Å². The van der Waals surface area contributed by atoms with Crippen LogP contribution in [0.2, 0.25) is 0 Å². The fourth-order valence-corrected chi connectivity index (χ4v) is 7.20. The third-order valence-corrected chi connectivity index (χ3v) is 8.68. The summed E-state index contributed by atoms with van der Waals surface area (Å²) in [5.74, 6) is 2.15. The number of imidazole rings is 1. The number of aromatic nitrogens is 7. The van der Waals surface area contributed by atoms with Crippen LogP contribution in [-0.4, -0.2) is 39.2 Å². The normalized spacial score (nSPS) is 30.3. The van der Waals surface area contributed by atoms with Gasteiger partial charge in [0.25, 0.3) is 0 Å². The molecule has 3 N–H and O–H groups in total. The molecule has 10 nitrogen and oxygen atoms in total. The third-order valence-electron chi connectivity index (χ3n) is 8.68. The van der Waals surface area contributed by atoms with E-state index in [1.807, 2.05) is 30.8 Å². The van der Waals surface area contributed by atoms with Crippen LogP contribution in [0.15, 0.2) is 29.6 Å². The molecule has 0 amide bonds. The predicted molar refractivity (Wildman–Crippen MR) is 128 cm³/mol. The molecule has 10 heteroatoms. The Morgan fingerprint density at radius 3 is 3.00 bits per heavy atom. The number of nitrogens with one attached hydrogen (secondary N) is 1. The van der Waals surface area contributed by atoms with Crippen molar-refractivity contribution in [1.82, 2.24) is 33.7 Å². The fourth-order valence-electron chi connectivity index (χ4n) is 7.20. The van der Waals surface area contributed by atoms with Gasteiger partial charge in [-0.2, -0.15) is 10.1 Å². The van der Waals surface area contributed by atoms with E-state index in [-0.39, 0.29) is 17.3 Å². The summed E-state index contributed by atoms with van der Waals surface area (Å²) >= 11 is 0. The number of hydrogen-bond acceptors (Lipinski definition) is 7. The molecule has 3 aliphatic rings. The molecule has 3 saturated carbocycles. The number of hydrogen-bond donors (Lipinski definition) is 2. The first kappa shape index (κ1) is 20.1. The molecule has 4 heterocycles. The van der Waals surface area contributed by atoms with Crippen molar-refractivity contribution in [3.8, 4) is 0 Å². The summed E-state index contributed by atoms with van der Waals surface area (Å²) in [6.45, 7) is 2.01. The maximum absolute atomic E-state index is 13.5. The lowest BCUT2D eigenvalue weighted by atomic mass is 9.53. The number of anilines is 2. The van der Waals surface area contributed by atoms with Crippen LogP contribution in [0.1, 0.15) is 50.1 Å². The van der Waals surface area contributed by atoms with Gasteiger partial charge in [-0.3, -0.25) is 9.13 Å². The second-order valence-corrected chi connectivity index (χ2v) is 10.8. The average molecular weight is 460 g/mol. The Balaban J connectivity index is 1.31. The van der Waals surface area contributed by atoms with Crippen LogP contribution in [0.25, 0.3) is 16.8 Å². The minimum atomic E-state index is -0.00350. The molecule has 3 aliphatic carbocycles. The van der Waals surface area contributed by atoms with Crippen molar-refractivity contribution in [2.45, 2.75) is 57.0 Å². The van der Waals surface area contributed by atoms with Crippen molar-refractivity contribution in [2.75, 3.05) is 5.32 Å². The minimum absolute atomic E-state index is 0.00350. The Morgan fingerprint density at radius 1 is 1.24 bits per heavy atom. The quantitative estimate of drug-likeness (QED) is 0.483. The molecular weight excluding hydrogens is 430 g/mol. The molecule has 4 aromatic heterocycles. The molecule has 5 unspecified atom stereocenters. The van der Waals surface area contributed by atoms with Gasteiger partial charge in [-0.05, 0) is 74.8 Å². The summed E-state index contributed by atoms with van der Waals surface area (Å²) in [5.41, 5.74) is 10.8. The number of aryl methyl sites for hydroxylation is 2. The molecule has 3 fully saturated rings. The van der Waals surface area contributed by atoms with E-state index >= 15 is 0 Å². The van der Waals surface area contributed by atoms with E-state index < -0.39 is 0 Å². The molecule has 34 heavy (non-hydrogen) atoms. The molecule has 0 aromatic carbocycles. The van der Waals surface area contributed by atoms with Gasteiger partial charge in [-0.1, -0.05) is 0 Å². The molecule has 176 valence electrons. The van der Waals surface area contributed by atoms with E-state index in [2.05, 4.69) is 20.4 Å². The number of nitrogens with zero attached hydrogens (tertiary/aromatic N) is 7. The van der Waals surface area contributed by atoms with Crippen LogP contribution in [0.3, 0.4) is 0 Å². The molecule has 3 bridgehead atoms. The van der Waals surface area contributed by atoms with Crippen LogP contribution in [0, 0.1) is 24.7 Å². The highest BCUT2D eigenvalue weighted by atomic mass is 16.1. The van der Waals surface area contributed by atoms with Gasteiger partial charge in [0.05, 0.1) is 18.1 Å². The van der Waals surface area contributed by atoms with Crippen LogP contribution in [-0.2, 0) is 7.05 Å². The van der Waals surface area contributed by atoms with Gasteiger partial charge in [0, 0.05) is 18.6 Å². The minimum Gasteiger partial charge on any atom is -0.325 e. The number of pyridine rings is 1. The summed E-state index contributed by atoms with van der Waals surface area (Å²) < 4.78 is 5.37. The zero-order valence-electron chi connectivity index (χ0n) is 19.5. The molecule has 7 rings (SSSR count). The molecule has 0 saturated heterocycles. The van der Waals surface area contributed by atoms with Crippen LogP contribution < -0.4 is 16.7 Å². The van der Waals surface area contributed by atoms with Crippen molar-refractivity contribution in [1.29, 1.82) is 0 Å². The topological polar surface area (TPSA) is 121 Å². The number of fused-ring (bicyclic) bond motifs is 4. The second kappa shape index (κ2) is 6.88. The molecular formula is C24H29N9O. The number of nitrogens with two attached hydrogens (primary N) is 1. The highest BCUT2D eigenvalue weighted by molar-refractivity contribution is 5.73. The fraction of sp³-hybridized carbons (Fsp3) is 0.542. The van der Waals surface area contributed by atoms with E-state index in [4.69, 9.17) is 10.7 Å². The third kappa shape index (κ3) is 2.87. The molecule has 0 radical (unpaired) electrons. The first-order valence-electron chi connectivity index (χ1n) is 12.2. The highest BCUT2D eigenvalue weighted by Crippen LogP contribution is 2.56. The predicted octanol–water partition coefficient (Wildman–Crippen LogP) is 2.69. The Hall–Kier alpha value is -3.27. The van der Waals surface area contributed by atoms with Crippen molar-refractivity contribution >= 4 is 28.4 Å². The van der Waals surface area contributed by atoms with Gasteiger partial charge in [0.1, 0.15) is 11.8 Å².